The number of aromatic amines is 1. The average molecular weight is 535 g/mol. The van der Waals surface area contributed by atoms with Crippen LogP contribution in [0.5, 0.6) is 0 Å². The van der Waals surface area contributed by atoms with E-state index in [1.54, 1.807) is 24.4 Å². The minimum atomic E-state index is -3.08. The van der Waals surface area contributed by atoms with Crippen LogP contribution in [0, 0.1) is 18.3 Å². The third kappa shape index (κ3) is 4.19. The summed E-state index contributed by atoms with van der Waals surface area (Å²) in [7, 11) is 1.27. The van der Waals surface area contributed by atoms with Crippen LogP contribution in [0.15, 0.2) is 42.6 Å². The molecule has 2 N–H and O–H groups in total. The molecule has 2 amide bonds. The normalized spacial score (nSPS) is 20.6. The van der Waals surface area contributed by atoms with Crippen LogP contribution >= 0.6 is 0 Å². The number of hydrogen-bond donors (Lipinski definition) is 2. The number of amides is 2. The van der Waals surface area contributed by atoms with Crippen LogP contribution in [-0.4, -0.2) is 46.6 Å². The summed E-state index contributed by atoms with van der Waals surface area (Å²) in [6, 6.07) is 9.26. The van der Waals surface area contributed by atoms with Gasteiger partial charge in [0.1, 0.15) is 11.9 Å². The fourth-order valence-corrected chi connectivity index (χ4v) is 6.11. The lowest BCUT2D eigenvalue weighted by Crippen LogP contribution is -2.51. The van der Waals surface area contributed by atoms with Crippen molar-refractivity contribution >= 4 is 12.0 Å². The van der Waals surface area contributed by atoms with E-state index in [-0.39, 0.29) is 34.4 Å². The summed E-state index contributed by atoms with van der Waals surface area (Å²) in [5.41, 5.74) is 3.22. The lowest BCUT2D eigenvalue weighted by atomic mass is 10.0. The Morgan fingerprint density at radius 2 is 1.82 bits per heavy atom. The number of carbonyl (C=O) groups is 2. The molecule has 2 aromatic carbocycles. The highest BCUT2D eigenvalue weighted by Gasteiger charge is 2.55. The number of methoxy groups -OCH3 is 1. The molecule has 204 valence electrons. The monoisotopic (exact) mass is 534 g/mol. The summed E-state index contributed by atoms with van der Waals surface area (Å²) in [5, 5.41) is 2.68. The van der Waals surface area contributed by atoms with Crippen molar-refractivity contribution in [3.63, 3.8) is 0 Å². The first kappa shape index (κ1) is 25.5. The maximum absolute atomic E-state index is 15.4. The van der Waals surface area contributed by atoms with Gasteiger partial charge in [0.15, 0.2) is 0 Å². The summed E-state index contributed by atoms with van der Waals surface area (Å²) >= 11 is 0. The van der Waals surface area contributed by atoms with E-state index in [9.17, 15) is 9.59 Å². The molecule has 2 heterocycles. The van der Waals surface area contributed by atoms with E-state index in [1.165, 1.54) is 13.2 Å². The SMILES string of the molecule is COC(=O)N[C@H](C(=O)N1CC2(CC2)CC1c1ncc(-c2ccc3c(c2)C(F)(F)c2cc(C)ccc2-3)[nH]1)C(C)C. The molecule has 1 aromatic heterocycles. The molecule has 9 heteroatoms. The minimum absolute atomic E-state index is 0.0139. The number of hydrogen-bond acceptors (Lipinski definition) is 4. The Hall–Kier alpha value is -3.75. The molecule has 2 aliphatic carbocycles. The van der Waals surface area contributed by atoms with Gasteiger partial charge >= 0.3 is 6.09 Å². The maximum atomic E-state index is 15.4. The Morgan fingerprint density at radius 3 is 2.49 bits per heavy atom. The van der Waals surface area contributed by atoms with Crippen LogP contribution in [-0.2, 0) is 15.5 Å². The number of carbonyl (C=O) groups excluding carboxylic acids is 2. The van der Waals surface area contributed by atoms with Crippen molar-refractivity contribution in [1.29, 1.82) is 0 Å². The summed E-state index contributed by atoms with van der Waals surface area (Å²) in [6.45, 7) is 6.17. The summed E-state index contributed by atoms with van der Waals surface area (Å²) in [4.78, 5) is 35.4. The zero-order chi connectivity index (χ0) is 27.7. The molecule has 2 atom stereocenters. The van der Waals surface area contributed by atoms with Gasteiger partial charge in [-0.15, -0.1) is 0 Å². The largest absolute Gasteiger partial charge is 0.453 e. The van der Waals surface area contributed by atoms with Gasteiger partial charge < -0.3 is 19.9 Å². The molecule has 1 aliphatic heterocycles. The third-order valence-electron chi connectivity index (χ3n) is 8.52. The summed E-state index contributed by atoms with van der Waals surface area (Å²) in [5.74, 6) is -2.77. The number of ether oxygens (including phenoxy) is 1. The van der Waals surface area contributed by atoms with Gasteiger partial charge in [0, 0.05) is 23.2 Å². The lowest BCUT2D eigenvalue weighted by Gasteiger charge is -2.30. The van der Waals surface area contributed by atoms with Crippen LogP contribution in [0.2, 0.25) is 0 Å². The smallest absolute Gasteiger partial charge is 0.407 e. The molecule has 1 saturated heterocycles. The van der Waals surface area contributed by atoms with Crippen LogP contribution in [0.1, 0.15) is 61.7 Å². The Morgan fingerprint density at radius 1 is 1.13 bits per heavy atom. The van der Waals surface area contributed by atoms with Crippen molar-refractivity contribution in [2.45, 2.75) is 58.0 Å². The molecule has 1 spiro atoms. The number of imidazole rings is 1. The van der Waals surface area contributed by atoms with Crippen molar-refractivity contribution in [1.82, 2.24) is 20.2 Å². The Labute approximate surface area is 226 Å². The first-order chi connectivity index (χ1) is 18.5. The molecule has 1 saturated carbocycles. The molecule has 39 heavy (non-hydrogen) atoms. The number of rotatable bonds is 5. The molecule has 1 unspecified atom stereocenters. The second-order valence-electron chi connectivity index (χ2n) is 11.6. The molecule has 0 radical (unpaired) electrons. The summed E-state index contributed by atoms with van der Waals surface area (Å²) < 4.78 is 35.6. The molecular weight excluding hydrogens is 502 g/mol. The first-order valence-electron chi connectivity index (χ1n) is 13.4. The van der Waals surface area contributed by atoms with Crippen molar-refractivity contribution in [2.24, 2.45) is 11.3 Å². The van der Waals surface area contributed by atoms with Gasteiger partial charge in [-0.1, -0.05) is 43.7 Å². The highest BCUT2D eigenvalue weighted by Crippen LogP contribution is 2.58. The maximum Gasteiger partial charge on any atom is 0.407 e. The Balaban J connectivity index is 1.30. The number of fused-ring (bicyclic) bond motifs is 3. The first-order valence-corrected chi connectivity index (χ1v) is 13.4. The van der Waals surface area contributed by atoms with E-state index < -0.39 is 18.1 Å². The van der Waals surface area contributed by atoms with Gasteiger partial charge in [0.05, 0.1) is 25.0 Å². The lowest BCUT2D eigenvalue weighted by molar-refractivity contribution is -0.135. The van der Waals surface area contributed by atoms with Crippen LogP contribution in [0.3, 0.4) is 0 Å². The van der Waals surface area contributed by atoms with Crippen molar-refractivity contribution in [3.05, 3.63) is 65.1 Å². The van der Waals surface area contributed by atoms with E-state index in [0.717, 1.165) is 24.8 Å². The number of alkyl carbamates (subject to hydrolysis) is 1. The highest BCUT2D eigenvalue weighted by molar-refractivity contribution is 5.87. The van der Waals surface area contributed by atoms with Gasteiger partial charge in [-0.05, 0) is 60.8 Å². The molecule has 6 rings (SSSR count). The predicted octanol–water partition coefficient (Wildman–Crippen LogP) is 5.94. The van der Waals surface area contributed by atoms with E-state index in [0.29, 0.717) is 34.8 Å². The summed E-state index contributed by atoms with van der Waals surface area (Å²) in [6.07, 6.45) is 3.85. The third-order valence-corrected chi connectivity index (χ3v) is 8.52. The number of halogens is 2. The highest BCUT2D eigenvalue weighted by atomic mass is 19.3. The molecule has 3 aliphatic rings. The zero-order valence-corrected chi connectivity index (χ0v) is 22.5. The van der Waals surface area contributed by atoms with E-state index in [4.69, 9.17) is 4.74 Å². The number of benzene rings is 2. The van der Waals surface area contributed by atoms with E-state index >= 15 is 8.78 Å². The topological polar surface area (TPSA) is 87.3 Å². The Kier molecular flexibility index (Phi) is 5.82. The van der Waals surface area contributed by atoms with Crippen LogP contribution < -0.4 is 5.32 Å². The standard InChI is InChI=1S/C30H32F2N4O3/c1-16(2)25(35-28(38)39-4)27(37)36-15-29(9-10-29)13-24(36)26-33-14-23(34-26)18-6-8-20-19-7-5-17(3)11-21(19)30(31,32)22(20)12-18/h5-8,11-12,14,16,24-25H,9-10,13,15H2,1-4H3,(H,33,34)(H,35,38)/t24?,25-/m0/s1. The van der Waals surface area contributed by atoms with Crippen molar-refractivity contribution < 1.29 is 23.1 Å². The predicted molar refractivity (Wildman–Crippen MR) is 142 cm³/mol. The number of aromatic nitrogens is 2. The van der Waals surface area contributed by atoms with Gasteiger partial charge in [-0.3, -0.25) is 4.79 Å². The minimum Gasteiger partial charge on any atom is -0.453 e. The van der Waals surface area contributed by atoms with E-state index in [1.807, 2.05) is 37.8 Å². The molecule has 7 nitrogen and oxygen atoms in total. The Bertz CT molecular complexity index is 1480. The van der Waals surface area contributed by atoms with Crippen LogP contribution in [0.4, 0.5) is 13.6 Å². The van der Waals surface area contributed by atoms with Gasteiger partial charge in [0.2, 0.25) is 5.91 Å². The fourth-order valence-electron chi connectivity index (χ4n) is 6.11. The van der Waals surface area contributed by atoms with Crippen LogP contribution in [0.25, 0.3) is 22.4 Å². The molecule has 2 fully saturated rings. The quantitative estimate of drug-likeness (QED) is 0.424. The number of nitrogens with zero attached hydrogens (tertiary/aromatic N) is 2. The average Bonchev–Trinajstić information content (AvgIpc) is 3.23. The second kappa shape index (κ2) is 8.89. The fraction of sp³-hybridized carbons (Fsp3) is 0.433. The number of alkyl halides is 2. The molecule has 0 bridgehead atoms. The molecular formula is C30H32F2N4O3. The van der Waals surface area contributed by atoms with Gasteiger partial charge in [-0.2, -0.15) is 8.78 Å². The second-order valence-corrected chi connectivity index (χ2v) is 11.6. The number of aryl methyl sites for hydroxylation is 1. The number of nitrogens with one attached hydrogen (secondary N) is 2. The zero-order valence-electron chi connectivity index (χ0n) is 22.5. The number of likely N-dealkylation sites (tertiary alicyclic amines) is 1. The molecule has 3 aromatic rings. The van der Waals surface area contributed by atoms with Gasteiger partial charge in [-0.25, -0.2) is 9.78 Å². The van der Waals surface area contributed by atoms with E-state index in [2.05, 4.69) is 15.3 Å². The van der Waals surface area contributed by atoms with Crippen molar-refractivity contribution in [2.75, 3.05) is 13.7 Å². The number of H-pyrrole nitrogens is 1. The van der Waals surface area contributed by atoms with Gasteiger partial charge in [0.25, 0.3) is 5.92 Å². The van der Waals surface area contributed by atoms with Crippen molar-refractivity contribution in [3.8, 4) is 22.4 Å².